The Bertz CT molecular complexity index is 1200. The van der Waals surface area contributed by atoms with Gasteiger partial charge >= 0.3 is 0 Å². The van der Waals surface area contributed by atoms with Crippen molar-refractivity contribution in [2.45, 2.75) is 10.1 Å². The van der Waals surface area contributed by atoms with E-state index in [1.165, 1.54) is 23.1 Å². The van der Waals surface area contributed by atoms with E-state index in [1.54, 1.807) is 21.6 Å². The molecule has 1 aromatic carbocycles. The lowest BCUT2D eigenvalue weighted by atomic mass is 10.2. The lowest BCUT2D eigenvalue weighted by Gasteiger charge is -2.00. The first-order valence-corrected chi connectivity index (χ1v) is 9.13. The maximum absolute atomic E-state index is 4.64. The smallest absolute Gasteiger partial charge is 0.235 e. The van der Waals surface area contributed by atoms with Crippen molar-refractivity contribution in [3.63, 3.8) is 0 Å². The van der Waals surface area contributed by atoms with Crippen molar-refractivity contribution in [1.29, 1.82) is 0 Å². The predicted octanol–water partition coefficient (Wildman–Crippen LogP) is 3.29. The number of nitrogens with zero attached hydrogens (tertiary/aromatic N) is 7. The molecular weight excluding hydrogens is 354 g/mol. The third-order valence-electron chi connectivity index (χ3n) is 3.70. The molecule has 0 saturated carbocycles. The molecule has 7 nitrogen and oxygen atoms in total. The van der Waals surface area contributed by atoms with Crippen molar-refractivity contribution < 1.29 is 0 Å². The first kappa shape index (κ1) is 14.6. The highest BCUT2D eigenvalue weighted by atomic mass is 32.2. The largest absolute Gasteiger partial charge is 0.275 e. The number of rotatable bonds is 3. The van der Waals surface area contributed by atoms with Gasteiger partial charge in [0.15, 0.2) is 5.01 Å². The van der Waals surface area contributed by atoms with Gasteiger partial charge in [0.05, 0.1) is 17.3 Å². The molecular formula is C16H11N7S2. The van der Waals surface area contributed by atoms with Crippen molar-refractivity contribution in [3.05, 3.63) is 48.9 Å². The van der Waals surface area contributed by atoms with Gasteiger partial charge in [0.2, 0.25) is 10.1 Å². The average molecular weight is 365 g/mol. The van der Waals surface area contributed by atoms with Crippen molar-refractivity contribution in [1.82, 2.24) is 34.6 Å². The zero-order valence-electron chi connectivity index (χ0n) is 13.1. The summed E-state index contributed by atoms with van der Waals surface area (Å²) in [6.45, 7) is 0. The van der Waals surface area contributed by atoms with Gasteiger partial charge in [-0.3, -0.25) is 9.67 Å². The summed E-state index contributed by atoms with van der Waals surface area (Å²) in [5.41, 5.74) is 1.96. The van der Waals surface area contributed by atoms with Gasteiger partial charge in [0.1, 0.15) is 0 Å². The van der Waals surface area contributed by atoms with Crippen LogP contribution in [0.2, 0.25) is 0 Å². The Morgan fingerprint density at radius 3 is 3.00 bits per heavy atom. The number of hydrogen-bond donors (Lipinski definition) is 0. The maximum Gasteiger partial charge on any atom is 0.235 e. The van der Waals surface area contributed by atoms with E-state index in [2.05, 4.69) is 37.5 Å². The van der Waals surface area contributed by atoms with E-state index in [-0.39, 0.29) is 0 Å². The van der Waals surface area contributed by atoms with Crippen LogP contribution in [0.4, 0.5) is 0 Å². The molecule has 0 aliphatic heterocycles. The molecule has 9 heteroatoms. The number of aromatic nitrogens is 7. The fourth-order valence-electron chi connectivity index (χ4n) is 2.53. The Kier molecular flexibility index (Phi) is 3.28. The molecule has 0 saturated heterocycles. The standard InChI is InChI=1S/C16H11N7S2/c1-22-9-11(8-18-22)14-21-23-15(19-20-16(23)25-14)24-12-4-5-13-10(7-12)3-2-6-17-13/h2-9H,1H3. The zero-order chi connectivity index (χ0) is 16.8. The van der Waals surface area contributed by atoms with Gasteiger partial charge in [0.25, 0.3) is 0 Å². The van der Waals surface area contributed by atoms with Gasteiger partial charge in [-0.1, -0.05) is 17.4 Å². The fourth-order valence-corrected chi connectivity index (χ4v) is 4.23. The summed E-state index contributed by atoms with van der Waals surface area (Å²) in [6.07, 6.45) is 5.54. The lowest BCUT2D eigenvalue weighted by Crippen LogP contribution is -1.89. The molecule has 5 rings (SSSR count). The molecule has 0 fully saturated rings. The van der Waals surface area contributed by atoms with E-state index in [4.69, 9.17) is 0 Å². The van der Waals surface area contributed by atoms with Crippen LogP contribution in [0.15, 0.2) is 59.0 Å². The quantitative estimate of drug-likeness (QED) is 0.488. The van der Waals surface area contributed by atoms with E-state index in [0.29, 0.717) is 0 Å². The van der Waals surface area contributed by atoms with Crippen LogP contribution in [0.25, 0.3) is 26.4 Å². The van der Waals surface area contributed by atoms with Gasteiger partial charge in [-0.25, -0.2) is 0 Å². The van der Waals surface area contributed by atoms with E-state index < -0.39 is 0 Å². The summed E-state index contributed by atoms with van der Waals surface area (Å²) in [6, 6.07) is 10.1. The lowest BCUT2D eigenvalue weighted by molar-refractivity contribution is 0.768. The Hall–Kier alpha value is -2.78. The topological polar surface area (TPSA) is 73.8 Å². The van der Waals surface area contributed by atoms with Crippen molar-refractivity contribution in [3.8, 4) is 10.6 Å². The molecule has 0 N–H and O–H groups in total. The van der Waals surface area contributed by atoms with Crippen LogP contribution in [0.5, 0.6) is 0 Å². The van der Waals surface area contributed by atoms with E-state index in [0.717, 1.165) is 36.5 Å². The third-order valence-corrected chi connectivity index (χ3v) is 5.57. The molecule has 25 heavy (non-hydrogen) atoms. The Balaban J connectivity index is 1.52. The first-order valence-electron chi connectivity index (χ1n) is 7.50. The Morgan fingerprint density at radius 2 is 2.12 bits per heavy atom. The molecule has 4 aromatic heterocycles. The molecule has 0 spiro atoms. The second-order valence-electron chi connectivity index (χ2n) is 5.45. The number of fused-ring (bicyclic) bond motifs is 2. The minimum absolute atomic E-state index is 0.740. The molecule has 0 bridgehead atoms. The minimum Gasteiger partial charge on any atom is -0.275 e. The van der Waals surface area contributed by atoms with Crippen molar-refractivity contribution in [2.75, 3.05) is 0 Å². The second kappa shape index (κ2) is 5.64. The Morgan fingerprint density at radius 1 is 1.16 bits per heavy atom. The SMILES string of the molecule is Cn1cc(-c2nn3c(Sc4ccc5ncccc5c4)nnc3s2)cn1. The van der Waals surface area contributed by atoms with Gasteiger partial charge in [-0.2, -0.15) is 14.7 Å². The van der Waals surface area contributed by atoms with E-state index in [1.807, 2.05) is 31.4 Å². The molecule has 0 aliphatic carbocycles. The first-order chi connectivity index (χ1) is 12.3. The minimum atomic E-state index is 0.740. The molecule has 0 unspecified atom stereocenters. The average Bonchev–Trinajstić information content (AvgIpc) is 3.32. The van der Waals surface area contributed by atoms with Crippen LogP contribution in [0.1, 0.15) is 0 Å². The Labute approximate surface area is 150 Å². The zero-order valence-corrected chi connectivity index (χ0v) is 14.7. The van der Waals surface area contributed by atoms with Crippen LogP contribution < -0.4 is 0 Å². The van der Waals surface area contributed by atoms with Crippen molar-refractivity contribution >= 4 is 39.0 Å². The highest BCUT2D eigenvalue weighted by Gasteiger charge is 2.15. The molecule has 122 valence electrons. The van der Waals surface area contributed by atoms with E-state index in [9.17, 15) is 0 Å². The van der Waals surface area contributed by atoms with Gasteiger partial charge in [-0.05, 0) is 36.0 Å². The number of aryl methyl sites for hydroxylation is 1. The van der Waals surface area contributed by atoms with E-state index >= 15 is 0 Å². The highest BCUT2D eigenvalue weighted by Crippen LogP contribution is 2.31. The molecule has 0 aliphatic rings. The number of pyridine rings is 1. The fraction of sp³-hybridized carbons (Fsp3) is 0.0625. The third kappa shape index (κ3) is 2.57. The molecule has 4 heterocycles. The van der Waals surface area contributed by atoms with Crippen LogP contribution >= 0.6 is 23.1 Å². The van der Waals surface area contributed by atoms with Crippen LogP contribution in [-0.4, -0.2) is 34.6 Å². The second-order valence-corrected chi connectivity index (χ2v) is 7.44. The molecule has 0 radical (unpaired) electrons. The van der Waals surface area contributed by atoms with Crippen LogP contribution in [0.3, 0.4) is 0 Å². The van der Waals surface area contributed by atoms with Crippen molar-refractivity contribution in [2.24, 2.45) is 7.05 Å². The number of benzene rings is 1. The number of hydrogen-bond acceptors (Lipinski definition) is 7. The molecule has 0 amide bonds. The normalized spacial score (nSPS) is 11.6. The summed E-state index contributed by atoms with van der Waals surface area (Å²) in [4.78, 5) is 6.19. The summed E-state index contributed by atoms with van der Waals surface area (Å²) in [7, 11) is 1.89. The van der Waals surface area contributed by atoms with Crippen LogP contribution in [0, 0.1) is 0 Å². The summed E-state index contributed by atoms with van der Waals surface area (Å²) in [5.74, 6) is 0. The summed E-state index contributed by atoms with van der Waals surface area (Å²) >= 11 is 3.04. The predicted molar refractivity (Wildman–Crippen MR) is 96.7 cm³/mol. The molecule has 0 atom stereocenters. The van der Waals surface area contributed by atoms with Gasteiger partial charge in [-0.15, -0.1) is 10.2 Å². The molecule has 5 aromatic rings. The monoisotopic (exact) mass is 365 g/mol. The maximum atomic E-state index is 4.64. The van der Waals surface area contributed by atoms with Crippen LogP contribution in [-0.2, 0) is 7.05 Å². The summed E-state index contributed by atoms with van der Waals surface area (Å²) < 4.78 is 3.54. The summed E-state index contributed by atoms with van der Waals surface area (Å²) in [5, 5.41) is 20.0. The highest BCUT2D eigenvalue weighted by molar-refractivity contribution is 7.99. The van der Waals surface area contributed by atoms with Gasteiger partial charge in [0, 0.05) is 29.7 Å². The van der Waals surface area contributed by atoms with Gasteiger partial charge < -0.3 is 0 Å².